The zero-order valence-corrected chi connectivity index (χ0v) is 40.9. The van der Waals surface area contributed by atoms with Gasteiger partial charge in [-0.15, -0.1) is 11.3 Å². The summed E-state index contributed by atoms with van der Waals surface area (Å²) in [6.45, 7) is 10.4. The number of pyridine rings is 1. The molecule has 1 fully saturated rings. The van der Waals surface area contributed by atoms with Gasteiger partial charge in [0.05, 0.1) is 56.2 Å². The van der Waals surface area contributed by atoms with Gasteiger partial charge in [0.2, 0.25) is 23.6 Å². The number of nitrogens with one attached hydrogen (secondary N) is 4. The van der Waals surface area contributed by atoms with Crippen LogP contribution in [0, 0.1) is 12.3 Å². The number of carbonyl (C=O) groups excluding carboxylic acids is 4. The summed E-state index contributed by atoms with van der Waals surface area (Å²) in [6, 6.07) is 11.7. The van der Waals surface area contributed by atoms with Gasteiger partial charge in [-0.2, -0.15) is 10.2 Å². The number of thiazole rings is 1. The molecule has 0 aliphatic carbocycles. The van der Waals surface area contributed by atoms with Gasteiger partial charge in [-0.05, 0) is 73.6 Å². The van der Waals surface area contributed by atoms with Crippen molar-refractivity contribution in [2.24, 2.45) is 5.41 Å². The number of hydrogen-bond donors (Lipinski definition) is 5. The molecule has 68 heavy (non-hydrogen) atoms. The number of likely N-dealkylation sites (tertiary alicyclic amines) is 1. The van der Waals surface area contributed by atoms with Gasteiger partial charge in [-0.25, -0.2) is 4.98 Å². The monoisotopic (exact) mass is 982 g/mol. The number of aryl methyl sites for hydroxylation is 1. The van der Waals surface area contributed by atoms with E-state index in [2.05, 4.69) is 41.2 Å². The minimum absolute atomic E-state index is 0.0142. The molecule has 4 aromatic heterocycles. The van der Waals surface area contributed by atoms with Gasteiger partial charge < -0.3 is 30.7 Å². The van der Waals surface area contributed by atoms with Crippen molar-refractivity contribution in [3.8, 4) is 16.2 Å². The number of hydrogen-bond acceptors (Lipinski definition) is 11. The van der Waals surface area contributed by atoms with Gasteiger partial charge in [-0.3, -0.25) is 33.9 Å². The SMILES string of the molecule is Cc1ncsc1-c1ccc(CNC(=O)[C@@H]2C[C@@H](O)CN2C(=O)[C@@H](NC(=O)CCCCC(=O)NCCn2cc(/C=C/c3n[nH]c4ccc(O[C@H](C)c5c(Cl)cncc5Cl)cc34)cn2)C(C)(C)C)cc1. The number of halogens is 2. The molecule has 0 saturated carbocycles. The fourth-order valence-electron chi connectivity index (χ4n) is 8.03. The van der Waals surface area contributed by atoms with E-state index >= 15 is 0 Å². The smallest absolute Gasteiger partial charge is 0.246 e. The maximum atomic E-state index is 14.0. The van der Waals surface area contributed by atoms with Gasteiger partial charge >= 0.3 is 0 Å². The Bertz CT molecular complexity index is 2740. The third-order valence-electron chi connectivity index (χ3n) is 11.7. The molecular formula is C49H56Cl2N10O6S. The lowest BCUT2D eigenvalue weighted by Crippen LogP contribution is -2.57. The van der Waals surface area contributed by atoms with Gasteiger partial charge in [0.25, 0.3) is 0 Å². The van der Waals surface area contributed by atoms with E-state index in [1.165, 1.54) is 17.3 Å². The Morgan fingerprint density at radius 3 is 2.44 bits per heavy atom. The van der Waals surface area contributed by atoms with Gasteiger partial charge in [0.1, 0.15) is 23.9 Å². The summed E-state index contributed by atoms with van der Waals surface area (Å²) in [5.74, 6) is -0.647. The van der Waals surface area contributed by atoms with E-state index in [1.54, 1.807) is 22.2 Å². The van der Waals surface area contributed by atoms with E-state index in [0.717, 1.165) is 38.2 Å². The number of nitrogens with zero attached hydrogens (tertiary/aromatic N) is 6. The summed E-state index contributed by atoms with van der Waals surface area (Å²) in [7, 11) is 0. The number of aliphatic hydroxyl groups excluding tert-OH is 1. The summed E-state index contributed by atoms with van der Waals surface area (Å²) < 4.78 is 7.92. The molecule has 4 atom stereocenters. The molecule has 1 saturated heterocycles. The highest BCUT2D eigenvalue weighted by Crippen LogP contribution is 2.34. The Kier molecular flexibility index (Phi) is 16.3. The first-order chi connectivity index (χ1) is 32.5. The van der Waals surface area contributed by atoms with Crippen LogP contribution in [0.5, 0.6) is 5.75 Å². The van der Waals surface area contributed by atoms with E-state index in [1.807, 2.05) is 101 Å². The molecule has 5 heterocycles. The van der Waals surface area contributed by atoms with Crippen molar-refractivity contribution < 1.29 is 29.0 Å². The zero-order valence-electron chi connectivity index (χ0n) is 38.6. The number of aromatic amines is 1. The Morgan fingerprint density at radius 1 is 1.00 bits per heavy atom. The highest BCUT2D eigenvalue weighted by molar-refractivity contribution is 7.13. The van der Waals surface area contributed by atoms with Gasteiger partial charge in [0.15, 0.2) is 0 Å². The number of carbonyl (C=O) groups is 4. The number of benzene rings is 2. The summed E-state index contributed by atoms with van der Waals surface area (Å²) in [5.41, 5.74) is 7.09. The fourth-order valence-corrected chi connectivity index (χ4v) is 9.52. The average Bonchev–Trinajstić information content (AvgIpc) is 4.12. The van der Waals surface area contributed by atoms with Crippen LogP contribution in [-0.2, 0) is 32.3 Å². The topological polar surface area (TPSA) is 209 Å². The summed E-state index contributed by atoms with van der Waals surface area (Å²) in [6.07, 6.45) is 10.5. The summed E-state index contributed by atoms with van der Waals surface area (Å²) >= 11 is 14.2. The van der Waals surface area contributed by atoms with Crippen molar-refractivity contribution in [2.75, 3.05) is 13.1 Å². The Hall–Kier alpha value is -6.14. The predicted molar refractivity (Wildman–Crippen MR) is 264 cm³/mol. The van der Waals surface area contributed by atoms with Crippen LogP contribution in [0.4, 0.5) is 0 Å². The predicted octanol–water partition coefficient (Wildman–Crippen LogP) is 7.69. The molecule has 0 unspecified atom stereocenters. The second kappa shape index (κ2) is 22.3. The molecule has 4 amide bonds. The molecule has 2 aromatic carbocycles. The number of amides is 4. The minimum Gasteiger partial charge on any atom is -0.486 e. The van der Waals surface area contributed by atoms with E-state index in [9.17, 15) is 24.3 Å². The van der Waals surface area contributed by atoms with Crippen LogP contribution >= 0.6 is 34.5 Å². The normalized spacial score (nSPS) is 16.0. The third kappa shape index (κ3) is 12.7. The molecule has 1 aliphatic rings. The number of H-pyrrole nitrogens is 1. The Labute approximate surface area is 408 Å². The number of rotatable bonds is 19. The van der Waals surface area contributed by atoms with Crippen LogP contribution in [0.25, 0.3) is 33.5 Å². The van der Waals surface area contributed by atoms with Crippen LogP contribution in [0.2, 0.25) is 10.0 Å². The van der Waals surface area contributed by atoms with E-state index in [0.29, 0.717) is 53.0 Å². The first-order valence-corrected chi connectivity index (χ1v) is 24.1. The van der Waals surface area contributed by atoms with Crippen molar-refractivity contribution in [3.05, 3.63) is 111 Å². The second-order valence-electron chi connectivity index (χ2n) is 18.0. The number of ether oxygens (including phenoxy) is 1. The molecule has 16 nitrogen and oxygen atoms in total. The molecule has 0 radical (unpaired) electrons. The molecular weight excluding hydrogens is 928 g/mol. The maximum absolute atomic E-state index is 14.0. The lowest BCUT2D eigenvalue weighted by Gasteiger charge is -2.35. The minimum atomic E-state index is -0.937. The molecule has 0 spiro atoms. The molecule has 7 rings (SSSR count). The average molecular weight is 984 g/mol. The Balaban J connectivity index is 0.821. The third-order valence-corrected chi connectivity index (χ3v) is 13.3. The van der Waals surface area contributed by atoms with Gasteiger partial charge in [0, 0.05) is 74.0 Å². The fraction of sp³-hybridized carbons (Fsp3) is 0.388. The summed E-state index contributed by atoms with van der Waals surface area (Å²) in [4.78, 5) is 64.1. The molecule has 0 bridgehead atoms. The van der Waals surface area contributed by atoms with E-state index in [4.69, 9.17) is 27.9 Å². The van der Waals surface area contributed by atoms with Crippen molar-refractivity contribution in [2.45, 2.75) is 104 Å². The molecule has 1 aliphatic heterocycles. The highest BCUT2D eigenvalue weighted by Gasteiger charge is 2.44. The largest absolute Gasteiger partial charge is 0.486 e. The second-order valence-corrected chi connectivity index (χ2v) is 19.6. The van der Waals surface area contributed by atoms with Crippen LogP contribution in [0.15, 0.2) is 72.8 Å². The maximum Gasteiger partial charge on any atom is 0.246 e. The number of unbranched alkanes of at least 4 members (excludes halogenated alkanes) is 1. The van der Waals surface area contributed by atoms with E-state index in [-0.39, 0.29) is 50.1 Å². The highest BCUT2D eigenvalue weighted by atomic mass is 35.5. The quantitative estimate of drug-likeness (QED) is 0.0500. The van der Waals surface area contributed by atoms with Crippen LogP contribution in [0.1, 0.15) is 94.0 Å². The standard InChI is InChI=1S/C49H56Cl2N10O6S/c1-29-45(68-28-55-29)33-13-10-31(11-14-33)22-54-47(65)41-20-34(62)27-61(41)48(66)46(49(3,4)5)57-43(64)9-7-6-8-42(63)53-18-19-60-26-32(23-56-60)12-16-39-36-21-35(15-17-40(36)59-58-39)67-30(2)44-37(50)24-52-25-38(44)51/h10-17,21,23-26,28,30,34,41,46,62H,6-9,18-20,22,27H2,1-5H3,(H,53,63)(H,54,65)(H,57,64)(H,58,59)/b16-12+/t30-,34-,41+,46-/m1/s1. The Morgan fingerprint density at radius 2 is 1.74 bits per heavy atom. The van der Waals surface area contributed by atoms with Crippen molar-refractivity contribution in [1.29, 1.82) is 0 Å². The molecule has 6 aromatic rings. The number of fused-ring (bicyclic) bond motifs is 1. The number of β-amino-alcohol motifs (C(OH)–C–C–N with tert-alkyl or cyclic N) is 1. The van der Waals surface area contributed by atoms with Crippen LogP contribution in [0.3, 0.4) is 0 Å². The number of aromatic nitrogens is 6. The van der Waals surface area contributed by atoms with Crippen LogP contribution in [-0.4, -0.2) is 94.9 Å². The van der Waals surface area contributed by atoms with Crippen molar-refractivity contribution in [1.82, 2.24) is 50.8 Å². The van der Waals surface area contributed by atoms with Crippen LogP contribution < -0.4 is 20.7 Å². The molecule has 19 heteroatoms. The zero-order chi connectivity index (χ0) is 48.5. The first-order valence-electron chi connectivity index (χ1n) is 22.5. The molecule has 5 N–H and O–H groups in total. The first kappa shape index (κ1) is 49.8. The molecule has 358 valence electrons. The lowest BCUT2D eigenvalue weighted by molar-refractivity contribution is -0.144. The summed E-state index contributed by atoms with van der Waals surface area (Å²) in [5, 5.41) is 33.0. The van der Waals surface area contributed by atoms with E-state index < -0.39 is 35.6 Å². The van der Waals surface area contributed by atoms with Gasteiger partial charge in [-0.1, -0.05) is 68.2 Å². The lowest BCUT2D eigenvalue weighted by atomic mass is 9.85. The number of aliphatic hydroxyl groups is 1. The van der Waals surface area contributed by atoms with Crippen molar-refractivity contribution >= 4 is 81.2 Å². The van der Waals surface area contributed by atoms with Crippen molar-refractivity contribution in [3.63, 3.8) is 0 Å².